The average Bonchev–Trinajstić information content (AvgIpc) is 2.26. The topological polar surface area (TPSA) is 58.4 Å². The van der Waals surface area contributed by atoms with Gasteiger partial charge in [-0.05, 0) is 19.1 Å². The second-order valence-electron chi connectivity index (χ2n) is 3.46. The van der Waals surface area contributed by atoms with E-state index < -0.39 is 0 Å². The molecular formula is C11H17N3O. The summed E-state index contributed by atoms with van der Waals surface area (Å²) in [6, 6.07) is 7.26. The normalized spacial score (nSPS) is 11.9. The second-order valence-corrected chi connectivity index (χ2v) is 3.46. The van der Waals surface area contributed by atoms with Crippen LogP contribution in [0.2, 0.25) is 0 Å². The number of likely N-dealkylation sites (N-methyl/N-ethyl adjacent to an activating group) is 2. The zero-order chi connectivity index (χ0) is 11.4. The van der Waals surface area contributed by atoms with E-state index in [1.54, 1.807) is 7.05 Å². The van der Waals surface area contributed by atoms with Crippen LogP contribution in [0.15, 0.2) is 24.3 Å². The molecule has 0 aliphatic heterocycles. The van der Waals surface area contributed by atoms with Crippen LogP contribution in [-0.4, -0.2) is 26.0 Å². The van der Waals surface area contributed by atoms with E-state index in [4.69, 9.17) is 5.73 Å². The summed E-state index contributed by atoms with van der Waals surface area (Å²) in [5, 5.41) is 2.61. The molecule has 0 aliphatic rings. The number of nitrogens with two attached hydrogens (primary N) is 1. The molecule has 1 unspecified atom stereocenters. The predicted molar refractivity (Wildman–Crippen MR) is 62.8 cm³/mol. The Hall–Kier alpha value is -1.71. The highest BCUT2D eigenvalue weighted by Crippen LogP contribution is 2.22. The van der Waals surface area contributed by atoms with E-state index in [2.05, 4.69) is 5.32 Å². The lowest BCUT2D eigenvalue weighted by Gasteiger charge is -2.26. The van der Waals surface area contributed by atoms with E-state index >= 15 is 0 Å². The van der Waals surface area contributed by atoms with Gasteiger partial charge in [0.1, 0.15) is 6.04 Å². The van der Waals surface area contributed by atoms with Gasteiger partial charge in [-0.1, -0.05) is 12.1 Å². The van der Waals surface area contributed by atoms with Gasteiger partial charge in [-0.2, -0.15) is 0 Å². The van der Waals surface area contributed by atoms with Gasteiger partial charge in [-0.25, -0.2) is 0 Å². The quantitative estimate of drug-likeness (QED) is 0.722. The number of nitrogens with one attached hydrogen (secondary N) is 1. The number of carbonyl (C=O) groups excluding carboxylic acids is 1. The minimum atomic E-state index is -0.236. The molecule has 0 saturated heterocycles. The highest BCUT2D eigenvalue weighted by molar-refractivity contribution is 5.85. The minimum Gasteiger partial charge on any atom is -0.397 e. The number of hydrogen-bond donors (Lipinski definition) is 2. The smallest absolute Gasteiger partial charge is 0.242 e. The number of para-hydroxylation sites is 2. The fourth-order valence-electron chi connectivity index (χ4n) is 1.40. The van der Waals surface area contributed by atoms with Crippen molar-refractivity contribution >= 4 is 17.3 Å². The molecule has 0 heterocycles. The van der Waals surface area contributed by atoms with Gasteiger partial charge >= 0.3 is 0 Å². The summed E-state index contributed by atoms with van der Waals surface area (Å²) in [7, 11) is 3.48. The third-order valence-corrected chi connectivity index (χ3v) is 2.52. The summed E-state index contributed by atoms with van der Waals surface area (Å²) in [5.74, 6) is -0.0271. The Morgan fingerprint density at radius 2 is 2.07 bits per heavy atom. The first-order chi connectivity index (χ1) is 7.07. The highest BCUT2D eigenvalue weighted by atomic mass is 16.2. The third kappa shape index (κ3) is 2.40. The highest BCUT2D eigenvalue weighted by Gasteiger charge is 2.17. The molecule has 0 aromatic heterocycles. The van der Waals surface area contributed by atoms with Gasteiger partial charge < -0.3 is 16.0 Å². The van der Waals surface area contributed by atoms with E-state index in [0.717, 1.165) is 5.69 Å². The van der Waals surface area contributed by atoms with Crippen molar-refractivity contribution in [3.8, 4) is 0 Å². The molecule has 0 saturated carbocycles. The van der Waals surface area contributed by atoms with Crippen LogP contribution in [0.5, 0.6) is 0 Å². The number of amides is 1. The second kappa shape index (κ2) is 4.68. The van der Waals surface area contributed by atoms with Crippen LogP contribution >= 0.6 is 0 Å². The van der Waals surface area contributed by atoms with Gasteiger partial charge in [0, 0.05) is 14.1 Å². The Morgan fingerprint density at radius 1 is 1.47 bits per heavy atom. The zero-order valence-corrected chi connectivity index (χ0v) is 9.32. The predicted octanol–water partition coefficient (Wildman–Crippen LogP) is 0.839. The molecule has 1 rings (SSSR count). The maximum absolute atomic E-state index is 11.4. The van der Waals surface area contributed by atoms with Gasteiger partial charge in [0.05, 0.1) is 11.4 Å². The SMILES string of the molecule is CNC(=O)C(C)N(C)c1ccccc1N. The minimum absolute atomic E-state index is 0.0271. The number of anilines is 2. The molecule has 15 heavy (non-hydrogen) atoms. The molecule has 1 aromatic rings. The molecule has 0 bridgehead atoms. The number of benzene rings is 1. The molecular weight excluding hydrogens is 190 g/mol. The van der Waals surface area contributed by atoms with Gasteiger partial charge in [0.2, 0.25) is 5.91 Å². The molecule has 3 N–H and O–H groups in total. The van der Waals surface area contributed by atoms with Crippen molar-refractivity contribution < 1.29 is 4.79 Å². The lowest BCUT2D eigenvalue weighted by atomic mass is 10.2. The monoisotopic (exact) mass is 207 g/mol. The van der Waals surface area contributed by atoms with Gasteiger partial charge in [0.15, 0.2) is 0 Å². The molecule has 0 spiro atoms. The maximum Gasteiger partial charge on any atom is 0.242 e. The largest absolute Gasteiger partial charge is 0.397 e. The number of nitrogen functional groups attached to an aromatic ring is 1. The van der Waals surface area contributed by atoms with E-state index in [1.165, 1.54) is 0 Å². The third-order valence-electron chi connectivity index (χ3n) is 2.52. The number of carbonyl (C=O) groups is 1. The summed E-state index contributed by atoms with van der Waals surface area (Å²) in [4.78, 5) is 13.3. The van der Waals surface area contributed by atoms with E-state index in [0.29, 0.717) is 5.69 Å². The van der Waals surface area contributed by atoms with Crippen LogP contribution in [0, 0.1) is 0 Å². The van der Waals surface area contributed by atoms with Crippen LogP contribution in [-0.2, 0) is 4.79 Å². The molecule has 1 aromatic carbocycles. The standard InChI is InChI=1S/C11H17N3O/c1-8(11(15)13-2)14(3)10-7-5-4-6-9(10)12/h4-8H,12H2,1-3H3,(H,13,15). The number of hydrogen-bond acceptors (Lipinski definition) is 3. The fraction of sp³-hybridized carbons (Fsp3) is 0.364. The number of rotatable bonds is 3. The molecule has 1 amide bonds. The summed E-state index contributed by atoms with van der Waals surface area (Å²) >= 11 is 0. The lowest BCUT2D eigenvalue weighted by Crippen LogP contribution is -2.42. The van der Waals surface area contributed by atoms with Crippen molar-refractivity contribution in [2.45, 2.75) is 13.0 Å². The Kier molecular flexibility index (Phi) is 3.55. The van der Waals surface area contributed by atoms with Crippen molar-refractivity contribution in [3.05, 3.63) is 24.3 Å². The van der Waals surface area contributed by atoms with Crippen LogP contribution in [0.4, 0.5) is 11.4 Å². The first-order valence-corrected chi connectivity index (χ1v) is 4.87. The van der Waals surface area contributed by atoms with Crippen LogP contribution in [0.25, 0.3) is 0 Å². The lowest BCUT2D eigenvalue weighted by molar-refractivity contribution is -0.121. The molecule has 0 fully saturated rings. The molecule has 0 aliphatic carbocycles. The molecule has 4 nitrogen and oxygen atoms in total. The van der Waals surface area contributed by atoms with Gasteiger partial charge in [0.25, 0.3) is 0 Å². The summed E-state index contributed by atoms with van der Waals surface area (Å²) in [5.41, 5.74) is 7.37. The average molecular weight is 207 g/mol. The van der Waals surface area contributed by atoms with Crippen molar-refractivity contribution in [3.63, 3.8) is 0 Å². The summed E-state index contributed by atoms with van der Waals surface area (Å²) in [6.07, 6.45) is 0. The van der Waals surface area contributed by atoms with E-state index in [1.807, 2.05) is 43.1 Å². The first kappa shape index (κ1) is 11.4. The van der Waals surface area contributed by atoms with Crippen molar-refractivity contribution in [2.75, 3.05) is 24.7 Å². The fourth-order valence-corrected chi connectivity index (χ4v) is 1.40. The van der Waals surface area contributed by atoms with Crippen molar-refractivity contribution in [1.29, 1.82) is 0 Å². The first-order valence-electron chi connectivity index (χ1n) is 4.87. The van der Waals surface area contributed by atoms with Gasteiger partial charge in [-0.3, -0.25) is 4.79 Å². The Labute approximate surface area is 90.1 Å². The molecule has 4 heteroatoms. The van der Waals surface area contributed by atoms with Crippen molar-refractivity contribution in [1.82, 2.24) is 5.32 Å². The molecule has 0 radical (unpaired) electrons. The van der Waals surface area contributed by atoms with Crippen LogP contribution < -0.4 is 16.0 Å². The van der Waals surface area contributed by atoms with E-state index in [-0.39, 0.29) is 11.9 Å². The van der Waals surface area contributed by atoms with E-state index in [9.17, 15) is 4.79 Å². The molecule has 82 valence electrons. The number of nitrogens with zero attached hydrogens (tertiary/aromatic N) is 1. The Bertz CT molecular complexity index is 351. The Balaban J connectivity index is 2.89. The maximum atomic E-state index is 11.4. The summed E-state index contributed by atoms with van der Waals surface area (Å²) in [6.45, 7) is 1.84. The van der Waals surface area contributed by atoms with Crippen LogP contribution in [0.1, 0.15) is 6.92 Å². The summed E-state index contributed by atoms with van der Waals surface area (Å²) < 4.78 is 0. The Morgan fingerprint density at radius 3 is 2.60 bits per heavy atom. The van der Waals surface area contributed by atoms with Crippen molar-refractivity contribution in [2.24, 2.45) is 0 Å². The molecule has 1 atom stereocenters. The zero-order valence-electron chi connectivity index (χ0n) is 9.32. The van der Waals surface area contributed by atoms with Gasteiger partial charge in [-0.15, -0.1) is 0 Å². The van der Waals surface area contributed by atoms with Crippen LogP contribution in [0.3, 0.4) is 0 Å².